The second kappa shape index (κ2) is 6.27. The van der Waals surface area contributed by atoms with E-state index < -0.39 is 18.2 Å². The SMILES string of the molecule is CC(C)=Cc1nsc2ccc(N3C(=O)N(C)C(C(F)(F)F)C=[N+]3[O-])cc12. The van der Waals surface area contributed by atoms with Gasteiger partial charge in [-0.2, -0.15) is 17.5 Å². The van der Waals surface area contributed by atoms with Crippen molar-refractivity contribution in [3.05, 3.63) is 34.7 Å². The average molecular weight is 384 g/mol. The number of hydrazine groups is 1. The van der Waals surface area contributed by atoms with Crippen LogP contribution in [0, 0.1) is 5.21 Å². The molecule has 138 valence electrons. The monoisotopic (exact) mass is 384 g/mol. The van der Waals surface area contributed by atoms with Crippen LogP contribution in [0.4, 0.5) is 23.7 Å². The topological polar surface area (TPSA) is 62.5 Å². The standard InChI is InChI=1S/C16H15F3N4O2S/c1-9(2)6-12-11-7-10(4-5-13(11)26-20-12)23-15(24)21(3)14(8-22(23)25)16(17,18)19/h4-8,14H,1-3H3. The molecule has 0 fully saturated rings. The number of benzene rings is 1. The van der Waals surface area contributed by atoms with Crippen LogP contribution in [0.25, 0.3) is 16.2 Å². The van der Waals surface area contributed by atoms with E-state index in [1.807, 2.05) is 19.9 Å². The number of urea groups is 1. The molecule has 1 aromatic heterocycles. The Balaban J connectivity index is 2.08. The Hall–Kier alpha value is -2.62. The van der Waals surface area contributed by atoms with E-state index in [0.717, 1.165) is 22.7 Å². The average Bonchev–Trinajstić information content (AvgIpc) is 2.92. The normalized spacial score (nSPS) is 18.3. The summed E-state index contributed by atoms with van der Waals surface area (Å²) < 4.78 is 44.1. The lowest BCUT2D eigenvalue weighted by Crippen LogP contribution is -2.60. The quantitative estimate of drug-likeness (QED) is 0.580. The molecular weight excluding hydrogens is 369 g/mol. The summed E-state index contributed by atoms with van der Waals surface area (Å²) in [6, 6.07) is 1.44. The minimum atomic E-state index is -4.73. The number of carbonyl (C=O) groups excluding carboxylic acids is 1. The summed E-state index contributed by atoms with van der Waals surface area (Å²) >= 11 is 1.26. The van der Waals surface area contributed by atoms with Crippen LogP contribution < -0.4 is 5.01 Å². The van der Waals surface area contributed by atoms with Gasteiger partial charge in [-0.3, -0.25) is 0 Å². The molecule has 0 saturated carbocycles. The Kier molecular flexibility index (Phi) is 4.39. The summed E-state index contributed by atoms with van der Waals surface area (Å²) in [5, 5.41) is 13.5. The van der Waals surface area contributed by atoms with Gasteiger partial charge in [0.2, 0.25) is 12.3 Å². The van der Waals surface area contributed by atoms with Crippen LogP contribution >= 0.6 is 11.5 Å². The fourth-order valence-corrected chi connectivity index (χ4v) is 3.36. The molecule has 10 heteroatoms. The molecule has 0 aliphatic carbocycles. The first kappa shape index (κ1) is 18.2. The predicted octanol–water partition coefficient (Wildman–Crippen LogP) is 4.02. The number of allylic oxidation sites excluding steroid dienone is 1. The molecule has 1 unspecified atom stereocenters. The number of carbonyl (C=O) groups is 1. The molecule has 2 aromatic rings. The minimum absolute atomic E-state index is 0.0674. The van der Waals surface area contributed by atoms with E-state index in [2.05, 4.69) is 4.37 Å². The fraction of sp³-hybridized carbons (Fsp3) is 0.312. The number of hydrazone groups is 1. The van der Waals surface area contributed by atoms with Crippen LogP contribution in [0.15, 0.2) is 23.8 Å². The van der Waals surface area contributed by atoms with Gasteiger partial charge >= 0.3 is 12.2 Å². The lowest BCUT2D eigenvalue weighted by atomic mass is 10.1. The number of aromatic nitrogens is 1. The van der Waals surface area contributed by atoms with Gasteiger partial charge in [-0.1, -0.05) is 15.4 Å². The van der Waals surface area contributed by atoms with Gasteiger partial charge in [0.25, 0.3) is 0 Å². The number of nitrogens with zero attached hydrogens (tertiary/aromatic N) is 4. The molecule has 3 rings (SSSR count). The number of hydrogen-bond acceptors (Lipinski definition) is 4. The van der Waals surface area contributed by atoms with Crippen LogP contribution in [-0.4, -0.2) is 45.6 Å². The molecule has 26 heavy (non-hydrogen) atoms. The Labute approximate surface area is 151 Å². The first-order valence-corrected chi connectivity index (χ1v) is 8.36. The zero-order chi connectivity index (χ0) is 19.2. The van der Waals surface area contributed by atoms with Crippen molar-refractivity contribution in [2.24, 2.45) is 0 Å². The molecule has 1 atom stereocenters. The van der Waals surface area contributed by atoms with Gasteiger partial charge in [0, 0.05) is 12.4 Å². The molecule has 2 heterocycles. The van der Waals surface area contributed by atoms with Crippen molar-refractivity contribution in [2.75, 3.05) is 12.1 Å². The fourth-order valence-electron chi connectivity index (χ4n) is 2.62. The van der Waals surface area contributed by atoms with E-state index in [-0.39, 0.29) is 10.5 Å². The molecule has 1 aliphatic rings. The molecule has 0 bridgehead atoms. The summed E-state index contributed by atoms with van der Waals surface area (Å²) in [5.74, 6) is 0. The van der Waals surface area contributed by atoms with Crippen LogP contribution in [0.3, 0.4) is 0 Å². The van der Waals surface area contributed by atoms with Crippen molar-refractivity contribution >= 4 is 45.6 Å². The predicted molar refractivity (Wildman–Crippen MR) is 94.1 cm³/mol. The molecule has 0 saturated heterocycles. The summed E-state index contributed by atoms with van der Waals surface area (Å²) in [7, 11) is 1.01. The summed E-state index contributed by atoms with van der Waals surface area (Å²) in [4.78, 5) is 12.8. The highest BCUT2D eigenvalue weighted by Crippen LogP contribution is 2.32. The zero-order valence-electron chi connectivity index (χ0n) is 14.1. The van der Waals surface area contributed by atoms with Crippen molar-refractivity contribution < 1.29 is 22.8 Å². The minimum Gasteiger partial charge on any atom is -0.596 e. The smallest absolute Gasteiger partial charge is 0.418 e. The molecular formula is C16H15F3N4O2S. The highest BCUT2D eigenvalue weighted by atomic mass is 32.1. The maximum absolute atomic E-state index is 13.0. The Bertz CT molecular complexity index is 931. The van der Waals surface area contributed by atoms with Crippen molar-refractivity contribution in [1.82, 2.24) is 9.27 Å². The molecule has 1 aromatic carbocycles. The third-order valence-electron chi connectivity index (χ3n) is 3.85. The van der Waals surface area contributed by atoms with Crippen molar-refractivity contribution in [2.45, 2.75) is 26.1 Å². The first-order valence-electron chi connectivity index (χ1n) is 7.59. The largest absolute Gasteiger partial charge is 0.596 e. The third kappa shape index (κ3) is 3.12. The maximum atomic E-state index is 13.0. The molecule has 2 amide bonds. The van der Waals surface area contributed by atoms with Crippen LogP contribution in [0.5, 0.6) is 0 Å². The second-order valence-corrected chi connectivity index (χ2v) is 6.92. The van der Waals surface area contributed by atoms with E-state index in [1.54, 1.807) is 12.1 Å². The molecule has 6 nitrogen and oxygen atoms in total. The van der Waals surface area contributed by atoms with E-state index in [0.29, 0.717) is 21.8 Å². The van der Waals surface area contributed by atoms with Gasteiger partial charge in [0.05, 0.1) is 10.4 Å². The van der Waals surface area contributed by atoms with E-state index in [9.17, 15) is 23.2 Å². The molecule has 1 aliphatic heterocycles. The van der Waals surface area contributed by atoms with E-state index in [1.165, 1.54) is 17.6 Å². The highest BCUT2D eigenvalue weighted by molar-refractivity contribution is 7.13. The van der Waals surface area contributed by atoms with Gasteiger partial charge in [-0.05, 0) is 49.7 Å². The Morgan fingerprint density at radius 1 is 1.38 bits per heavy atom. The van der Waals surface area contributed by atoms with Crippen LogP contribution in [0.1, 0.15) is 19.5 Å². The van der Waals surface area contributed by atoms with Gasteiger partial charge in [0.1, 0.15) is 5.69 Å². The maximum Gasteiger partial charge on any atom is 0.418 e. The number of rotatable bonds is 2. The summed E-state index contributed by atoms with van der Waals surface area (Å²) in [6.07, 6.45) is -2.45. The molecule has 0 N–H and O–H groups in total. The highest BCUT2D eigenvalue weighted by Gasteiger charge is 2.51. The molecule has 0 spiro atoms. The second-order valence-electron chi connectivity index (χ2n) is 6.11. The number of halogens is 3. The molecule has 0 radical (unpaired) electrons. The lowest BCUT2D eigenvalue weighted by Gasteiger charge is -2.34. The Morgan fingerprint density at radius 3 is 2.69 bits per heavy atom. The van der Waals surface area contributed by atoms with Crippen molar-refractivity contribution in [1.29, 1.82) is 0 Å². The number of anilines is 1. The number of fused-ring (bicyclic) bond motifs is 1. The summed E-state index contributed by atoms with van der Waals surface area (Å²) in [5.41, 5.74) is 1.87. The van der Waals surface area contributed by atoms with Gasteiger partial charge < -0.3 is 10.1 Å². The van der Waals surface area contributed by atoms with Crippen molar-refractivity contribution in [3.8, 4) is 0 Å². The number of alkyl halides is 3. The zero-order valence-corrected chi connectivity index (χ0v) is 14.9. The van der Waals surface area contributed by atoms with Crippen LogP contribution in [0.2, 0.25) is 0 Å². The van der Waals surface area contributed by atoms with Crippen LogP contribution in [-0.2, 0) is 0 Å². The van der Waals surface area contributed by atoms with E-state index in [4.69, 9.17) is 0 Å². The van der Waals surface area contributed by atoms with Gasteiger partial charge in [-0.15, -0.1) is 0 Å². The van der Waals surface area contributed by atoms with E-state index >= 15 is 0 Å². The van der Waals surface area contributed by atoms with Gasteiger partial charge in [0.15, 0.2) is 0 Å². The lowest BCUT2D eigenvalue weighted by molar-refractivity contribution is -0.464. The summed E-state index contributed by atoms with van der Waals surface area (Å²) in [6.45, 7) is 3.81. The third-order valence-corrected chi connectivity index (χ3v) is 4.69. The first-order chi connectivity index (χ1) is 12.1. The van der Waals surface area contributed by atoms with Gasteiger partial charge in [-0.25, -0.2) is 4.79 Å². The number of amides is 2. The number of hydrogen-bond donors (Lipinski definition) is 0. The Morgan fingerprint density at radius 2 is 2.08 bits per heavy atom. The van der Waals surface area contributed by atoms with Crippen molar-refractivity contribution in [3.63, 3.8) is 0 Å².